The van der Waals surface area contributed by atoms with Gasteiger partial charge in [0.05, 0.1) is 24.3 Å². The number of nitrogens with two attached hydrogens (primary N) is 1. The molecule has 0 heterocycles. The summed E-state index contributed by atoms with van der Waals surface area (Å²) in [5.41, 5.74) is 7.50. The van der Waals surface area contributed by atoms with Crippen molar-refractivity contribution >= 4 is 5.69 Å². The summed E-state index contributed by atoms with van der Waals surface area (Å²) in [6.07, 6.45) is 4.66. The van der Waals surface area contributed by atoms with Gasteiger partial charge in [-0.3, -0.25) is 0 Å². The first-order valence-corrected chi connectivity index (χ1v) is 6.89. The highest BCUT2D eigenvalue weighted by atomic mass is 16.5. The number of anilines is 1. The van der Waals surface area contributed by atoms with Crippen molar-refractivity contribution in [2.45, 2.75) is 37.8 Å². The highest BCUT2D eigenvalue weighted by molar-refractivity contribution is 5.48. The van der Waals surface area contributed by atoms with Gasteiger partial charge in [-0.25, -0.2) is 0 Å². The summed E-state index contributed by atoms with van der Waals surface area (Å²) in [5.74, 6) is 0. The minimum atomic E-state index is 0.367. The molecule has 1 fully saturated rings. The van der Waals surface area contributed by atoms with Gasteiger partial charge in [0.2, 0.25) is 0 Å². The first-order valence-electron chi connectivity index (χ1n) is 6.89. The lowest BCUT2D eigenvalue weighted by Crippen LogP contribution is -2.31. The average molecular weight is 259 g/mol. The lowest BCUT2D eigenvalue weighted by atomic mass is 9.94. The smallest absolute Gasteiger partial charge is 0.0992 e. The number of benzene rings is 1. The predicted molar refractivity (Wildman–Crippen MR) is 75.8 cm³/mol. The summed E-state index contributed by atoms with van der Waals surface area (Å²) in [4.78, 5) is 0. The minimum absolute atomic E-state index is 0.367. The molecule has 3 N–H and O–H groups in total. The van der Waals surface area contributed by atoms with Crippen molar-refractivity contribution in [3.05, 3.63) is 29.8 Å². The maximum atomic E-state index is 8.81. The van der Waals surface area contributed by atoms with Gasteiger partial charge in [-0.15, -0.1) is 0 Å². The van der Waals surface area contributed by atoms with Crippen LogP contribution in [0.15, 0.2) is 24.3 Å². The fraction of sp³-hybridized carbons (Fsp3) is 0.533. The van der Waals surface area contributed by atoms with Gasteiger partial charge in [-0.2, -0.15) is 5.26 Å². The Hall–Kier alpha value is -1.57. The van der Waals surface area contributed by atoms with Gasteiger partial charge in [-0.1, -0.05) is 6.07 Å². The zero-order chi connectivity index (χ0) is 13.5. The molecule has 0 unspecified atom stereocenters. The lowest BCUT2D eigenvalue weighted by Gasteiger charge is -2.26. The van der Waals surface area contributed by atoms with Crippen molar-refractivity contribution in [1.82, 2.24) is 0 Å². The average Bonchev–Trinajstić information content (AvgIpc) is 2.46. The Morgan fingerprint density at radius 3 is 2.84 bits per heavy atom. The number of nitriles is 1. The molecule has 1 aromatic carbocycles. The van der Waals surface area contributed by atoms with Crippen molar-refractivity contribution in [2.24, 2.45) is 5.73 Å². The first kappa shape index (κ1) is 13.9. The minimum Gasteiger partial charge on any atom is -0.383 e. The molecule has 0 saturated heterocycles. The third-order valence-corrected chi connectivity index (χ3v) is 3.50. The molecule has 4 heteroatoms. The molecule has 0 spiro atoms. The Labute approximate surface area is 114 Å². The zero-order valence-corrected chi connectivity index (χ0v) is 11.1. The van der Waals surface area contributed by atoms with Crippen molar-refractivity contribution < 1.29 is 4.74 Å². The van der Waals surface area contributed by atoms with Gasteiger partial charge in [0.1, 0.15) is 0 Å². The SMILES string of the molecule is N#Cc1cccc(NCCOC2CCC(N)CC2)c1. The maximum absolute atomic E-state index is 8.81. The fourth-order valence-corrected chi connectivity index (χ4v) is 2.37. The molecule has 0 amide bonds. The second-order valence-corrected chi connectivity index (χ2v) is 5.03. The van der Waals surface area contributed by atoms with E-state index in [1.165, 1.54) is 0 Å². The molecule has 4 nitrogen and oxygen atoms in total. The zero-order valence-electron chi connectivity index (χ0n) is 11.1. The molecule has 102 valence electrons. The third kappa shape index (κ3) is 4.55. The Bertz CT molecular complexity index is 433. The molecule has 1 aliphatic rings. The van der Waals surface area contributed by atoms with Crippen molar-refractivity contribution in [1.29, 1.82) is 5.26 Å². The van der Waals surface area contributed by atoms with E-state index in [0.717, 1.165) is 37.9 Å². The molecular formula is C15H21N3O. The summed E-state index contributed by atoms with van der Waals surface area (Å²) in [5, 5.41) is 12.1. The van der Waals surface area contributed by atoms with Gasteiger partial charge in [0.15, 0.2) is 0 Å². The second-order valence-electron chi connectivity index (χ2n) is 5.03. The van der Waals surface area contributed by atoms with Gasteiger partial charge < -0.3 is 15.8 Å². The lowest BCUT2D eigenvalue weighted by molar-refractivity contribution is 0.0313. The van der Waals surface area contributed by atoms with Gasteiger partial charge >= 0.3 is 0 Å². The van der Waals surface area contributed by atoms with Crippen LogP contribution in [0, 0.1) is 11.3 Å². The highest BCUT2D eigenvalue weighted by Crippen LogP contribution is 2.19. The number of hydrogen-bond acceptors (Lipinski definition) is 4. The van der Waals surface area contributed by atoms with Crippen LogP contribution in [0.4, 0.5) is 5.69 Å². The summed E-state index contributed by atoms with van der Waals surface area (Å²) in [6, 6.07) is 9.98. The topological polar surface area (TPSA) is 71.1 Å². The van der Waals surface area contributed by atoms with Crippen LogP contribution in [0.2, 0.25) is 0 Å². The fourth-order valence-electron chi connectivity index (χ4n) is 2.37. The van der Waals surface area contributed by atoms with E-state index in [-0.39, 0.29) is 0 Å². The largest absolute Gasteiger partial charge is 0.383 e. The molecule has 0 bridgehead atoms. The Balaban J connectivity index is 1.65. The molecule has 0 aliphatic heterocycles. The van der Waals surface area contributed by atoms with E-state index >= 15 is 0 Å². The van der Waals surface area contributed by atoms with E-state index in [2.05, 4.69) is 11.4 Å². The molecule has 1 saturated carbocycles. The van der Waals surface area contributed by atoms with E-state index in [0.29, 0.717) is 24.3 Å². The number of nitrogens with one attached hydrogen (secondary N) is 1. The van der Waals surface area contributed by atoms with E-state index in [1.807, 2.05) is 18.2 Å². The van der Waals surface area contributed by atoms with E-state index in [1.54, 1.807) is 6.07 Å². The van der Waals surface area contributed by atoms with Crippen LogP contribution in [-0.4, -0.2) is 25.3 Å². The van der Waals surface area contributed by atoms with Gasteiger partial charge in [-0.05, 0) is 43.9 Å². The van der Waals surface area contributed by atoms with Crippen molar-refractivity contribution in [2.75, 3.05) is 18.5 Å². The van der Waals surface area contributed by atoms with Crippen LogP contribution in [0.25, 0.3) is 0 Å². The molecule has 0 radical (unpaired) electrons. The molecule has 1 aromatic rings. The molecular weight excluding hydrogens is 238 g/mol. The van der Waals surface area contributed by atoms with Crippen LogP contribution in [0.1, 0.15) is 31.2 Å². The number of rotatable bonds is 5. The summed E-state index contributed by atoms with van der Waals surface area (Å²) < 4.78 is 5.83. The summed E-state index contributed by atoms with van der Waals surface area (Å²) >= 11 is 0. The molecule has 0 aromatic heterocycles. The van der Waals surface area contributed by atoms with Gasteiger partial charge in [0.25, 0.3) is 0 Å². The number of ether oxygens (including phenoxy) is 1. The Kier molecular flexibility index (Phi) is 5.20. The van der Waals surface area contributed by atoms with E-state index in [4.69, 9.17) is 15.7 Å². The molecule has 19 heavy (non-hydrogen) atoms. The van der Waals surface area contributed by atoms with Crippen LogP contribution >= 0.6 is 0 Å². The molecule has 1 aliphatic carbocycles. The number of hydrogen-bond donors (Lipinski definition) is 2. The van der Waals surface area contributed by atoms with Crippen molar-refractivity contribution in [3.8, 4) is 6.07 Å². The monoisotopic (exact) mass is 259 g/mol. The normalized spacial score (nSPS) is 22.7. The summed E-state index contributed by atoms with van der Waals surface area (Å²) in [7, 11) is 0. The Morgan fingerprint density at radius 1 is 1.32 bits per heavy atom. The maximum Gasteiger partial charge on any atom is 0.0992 e. The van der Waals surface area contributed by atoms with Gasteiger partial charge in [0, 0.05) is 18.3 Å². The third-order valence-electron chi connectivity index (χ3n) is 3.50. The first-order chi connectivity index (χ1) is 9.28. The predicted octanol–water partition coefficient (Wildman–Crippen LogP) is 2.26. The molecule has 0 atom stereocenters. The number of nitrogens with zero attached hydrogens (tertiary/aromatic N) is 1. The summed E-state index contributed by atoms with van der Waals surface area (Å²) in [6.45, 7) is 1.45. The molecule has 2 rings (SSSR count). The van der Waals surface area contributed by atoms with E-state index < -0.39 is 0 Å². The van der Waals surface area contributed by atoms with Crippen LogP contribution in [-0.2, 0) is 4.74 Å². The Morgan fingerprint density at radius 2 is 2.11 bits per heavy atom. The highest BCUT2D eigenvalue weighted by Gasteiger charge is 2.18. The standard InChI is InChI=1S/C15H21N3O/c16-11-12-2-1-3-14(10-12)18-8-9-19-15-6-4-13(17)5-7-15/h1-3,10,13,15,18H,4-9,17H2. The van der Waals surface area contributed by atoms with Crippen LogP contribution in [0.5, 0.6) is 0 Å². The van der Waals surface area contributed by atoms with E-state index in [9.17, 15) is 0 Å². The van der Waals surface area contributed by atoms with Crippen LogP contribution in [0.3, 0.4) is 0 Å². The van der Waals surface area contributed by atoms with Crippen molar-refractivity contribution in [3.63, 3.8) is 0 Å². The van der Waals surface area contributed by atoms with Crippen LogP contribution < -0.4 is 11.1 Å². The second kappa shape index (κ2) is 7.13. The quantitative estimate of drug-likeness (QED) is 0.796.